The summed E-state index contributed by atoms with van der Waals surface area (Å²) in [6, 6.07) is 9.78. The number of carbonyl (C=O) groups excluding carboxylic acids is 2. The number of nitrogens with zero attached hydrogens (tertiary/aromatic N) is 1. The van der Waals surface area contributed by atoms with E-state index in [-0.39, 0.29) is 23.8 Å². The fraction of sp³-hybridized carbons (Fsp3) is 0.486. The Morgan fingerprint density at radius 3 is 2.35 bits per heavy atom. The lowest BCUT2D eigenvalue weighted by Gasteiger charge is -2.52. The van der Waals surface area contributed by atoms with Gasteiger partial charge in [0.05, 0.1) is 47.5 Å². The second kappa shape index (κ2) is 13.3. The van der Waals surface area contributed by atoms with Crippen LogP contribution in [0.2, 0.25) is 0 Å². The van der Waals surface area contributed by atoms with Crippen molar-refractivity contribution in [2.45, 2.75) is 37.5 Å². The lowest BCUT2D eigenvalue weighted by molar-refractivity contribution is -0.187. The van der Waals surface area contributed by atoms with Crippen molar-refractivity contribution in [1.29, 1.82) is 0 Å². The smallest absolute Gasteiger partial charge is 0.331 e. The molecule has 3 heterocycles. The van der Waals surface area contributed by atoms with Gasteiger partial charge < -0.3 is 38.1 Å². The minimum absolute atomic E-state index is 0.00438. The minimum Gasteiger partial charge on any atom is -0.497 e. The van der Waals surface area contributed by atoms with Crippen molar-refractivity contribution in [3.8, 4) is 23.0 Å². The first-order valence-corrected chi connectivity index (χ1v) is 15.6. The quantitative estimate of drug-likeness (QED) is 0.265. The number of nitrogens with one attached hydrogen (secondary N) is 1. The molecule has 6 unspecified atom stereocenters. The first-order chi connectivity index (χ1) is 22.3. The Labute approximate surface area is 268 Å². The predicted octanol–water partition coefficient (Wildman–Crippen LogP) is 4.57. The van der Waals surface area contributed by atoms with Gasteiger partial charge in [-0.15, -0.1) is 0 Å². The third-order valence-electron chi connectivity index (χ3n) is 9.97. The fourth-order valence-electron chi connectivity index (χ4n) is 7.91. The molecule has 0 bridgehead atoms. The van der Waals surface area contributed by atoms with Crippen molar-refractivity contribution in [2.24, 2.45) is 17.8 Å². The molecule has 1 aromatic heterocycles. The van der Waals surface area contributed by atoms with E-state index in [1.54, 1.807) is 32.4 Å². The summed E-state index contributed by atoms with van der Waals surface area (Å²) in [5, 5.41) is 1.21. The molecule has 1 saturated carbocycles. The monoisotopic (exact) mass is 634 g/mol. The molecule has 0 spiro atoms. The Kier molecular flexibility index (Phi) is 9.15. The number of rotatable bonds is 9. The van der Waals surface area contributed by atoms with Crippen LogP contribution in [-0.2, 0) is 30.2 Å². The summed E-state index contributed by atoms with van der Waals surface area (Å²) in [4.78, 5) is 32.8. The second-order valence-corrected chi connectivity index (χ2v) is 12.1. The number of piperidine rings is 1. The Balaban J connectivity index is 1.23. The van der Waals surface area contributed by atoms with Crippen LogP contribution in [0.3, 0.4) is 0 Å². The highest BCUT2D eigenvalue weighted by atomic mass is 16.6. The summed E-state index contributed by atoms with van der Waals surface area (Å²) in [6.45, 7) is 1.70. The van der Waals surface area contributed by atoms with Crippen molar-refractivity contribution in [2.75, 3.05) is 55.7 Å². The Morgan fingerprint density at radius 2 is 1.70 bits per heavy atom. The molecule has 0 radical (unpaired) electrons. The normalized spacial score (nSPS) is 25.7. The average Bonchev–Trinajstić information content (AvgIpc) is 3.46. The lowest BCUT2D eigenvalue weighted by Crippen LogP contribution is -2.58. The van der Waals surface area contributed by atoms with Crippen LogP contribution < -0.4 is 18.9 Å². The number of fused-ring (bicyclic) bond motifs is 6. The van der Waals surface area contributed by atoms with E-state index >= 15 is 0 Å². The van der Waals surface area contributed by atoms with Gasteiger partial charge in [0.1, 0.15) is 18.0 Å². The van der Waals surface area contributed by atoms with Crippen LogP contribution in [0.15, 0.2) is 36.4 Å². The highest BCUT2D eigenvalue weighted by Crippen LogP contribution is 2.50. The summed E-state index contributed by atoms with van der Waals surface area (Å²) in [6.07, 6.45) is 4.01. The van der Waals surface area contributed by atoms with E-state index in [1.807, 2.05) is 12.1 Å². The minimum atomic E-state index is -0.645. The number of hydrogen-bond donors (Lipinski definition) is 1. The van der Waals surface area contributed by atoms with E-state index in [9.17, 15) is 9.59 Å². The zero-order chi connectivity index (χ0) is 32.5. The molecule has 2 fully saturated rings. The summed E-state index contributed by atoms with van der Waals surface area (Å²) in [5.74, 6) is 0.873. The molecule has 1 aliphatic carbocycles. The van der Waals surface area contributed by atoms with Crippen molar-refractivity contribution in [3.05, 3.63) is 53.2 Å². The number of methoxy groups -OCH3 is 6. The summed E-state index contributed by atoms with van der Waals surface area (Å²) in [5.41, 5.74) is 4.26. The van der Waals surface area contributed by atoms with E-state index < -0.39 is 24.1 Å². The molecule has 2 aliphatic heterocycles. The van der Waals surface area contributed by atoms with E-state index in [0.29, 0.717) is 29.2 Å². The lowest BCUT2D eigenvalue weighted by atomic mass is 9.63. The van der Waals surface area contributed by atoms with Crippen LogP contribution in [0.5, 0.6) is 23.0 Å². The number of aromatic nitrogens is 1. The third kappa shape index (κ3) is 5.66. The number of esters is 2. The van der Waals surface area contributed by atoms with E-state index in [0.717, 1.165) is 37.2 Å². The van der Waals surface area contributed by atoms with Crippen LogP contribution in [0.1, 0.15) is 35.7 Å². The van der Waals surface area contributed by atoms with Gasteiger partial charge in [-0.05, 0) is 72.6 Å². The standard InChI is InChI=1S/C35H42N2O9/c1-40-21-8-9-22-23-11-12-37-18-20-15-29(46-30(38)10-7-19-13-27(41-2)33(43-4)28(14-19)42-3)34(44-5)31(35(39)45-6)24(20)17-26(37)32(23)36-25(22)16-21/h7-10,13-14,16,20,24,26,29,31,34,36H,11-12,15,17-18H2,1-6H3/b10-7+. The first-order valence-electron chi connectivity index (χ1n) is 15.6. The van der Waals surface area contributed by atoms with Gasteiger partial charge in [-0.3, -0.25) is 9.69 Å². The SMILES string of the molecule is COC(=O)C1C2CC3c4[nH]c5cc(OC)ccc5c4CCN3CC2CC(OC(=O)/C=C/c2cc(OC)c(OC)c(OC)c2)C1OC. The highest BCUT2D eigenvalue weighted by Gasteiger charge is 2.54. The van der Waals surface area contributed by atoms with Crippen molar-refractivity contribution in [3.63, 3.8) is 0 Å². The van der Waals surface area contributed by atoms with Crippen LogP contribution in [0.4, 0.5) is 0 Å². The maximum absolute atomic E-state index is 13.4. The number of ether oxygens (including phenoxy) is 7. The molecule has 3 aromatic rings. The average molecular weight is 635 g/mol. The third-order valence-corrected chi connectivity index (χ3v) is 9.97. The topological polar surface area (TPSA) is 118 Å². The molecule has 6 rings (SSSR count). The molecule has 6 atom stereocenters. The summed E-state index contributed by atoms with van der Waals surface area (Å²) >= 11 is 0. The Bertz CT molecular complexity index is 1610. The van der Waals surface area contributed by atoms with Crippen molar-refractivity contribution < 1.29 is 42.7 Å². The maximum Gasteiger partial charge on any atom is 0.331 e. The van der Waals surface area contributed by atoms with Gasteiger partial charge >= 0.3 is 11.9 Å². The van der Waals surface area contributed by atoms with E-state index in [4.69, 9.17) is 33.2 Å². The number of hydrogen-bond acceptors (Lipinski definition) is 10. The number of carbonyl (C=O) groups is 2. The van der Waals surface area contributed by atoms with Gasteiger partial charge in [-0.2, -0.15) is 0 Å². The van der Waals surface area contributed by atoms with E-state index in [2.05, 4.69) is 16.0 Å². The van der Waals surface area contributed by atoms with Gasteiger partial charge in [0.25, 0.3) is 0 Å². The van der Waals surface area contributed by atoms with Crippen molar-refractivity contribution >= 4 is 28.9 Å². The molecular weight excluding hydrogens is 592 g/mol. The Morgan fingerprint density at radius 1 is 0.935 bits per heavy atom. The second-order valence-electron chi connectivity index (χ2n) is 12.1. The van der Waals surface area contributed by atoms with Gasteiger partial charge in [-0.1, -0.05) is 0 Å². The van der Waals surface area contributed by atoms with Crippen LogP contribution in [-0.4, -0.2) is 89.8 Å². The van der Waals surface area contributed by atoms with Crippen molar-refractivity contribution in [1.82, 2.24) is 9.88 Å². The number of aromatic amines is 1. The predicted molar refractivity (Wildman–Crippen MR) is 170 cm³/mol. The molecule has 0 amide bonds. The van der Waals surface area contributed by atoms with Gasteiger partial charge in [0, 0.05) is 48.9 Å². The van der Waals surface area contributed by atoms with Crippen LogP contribution in [0.25, 0.3) is 17.0 Å². The molecule has 2 aromatic carbocycles. The van der Waals surface area contributed by atoms with Gasteiger partial charge in [-0.25, -0.2) is 4.79 Å². The Hall–Kier alpha value is -4.22. The fourth-order valence-corrected chi connectivity index (χ4v) is 7.91. The number of benzene rings is 2. The van der Waals surface area contributed by atoms with Gasteiger partial charge in [0.15, 0.2) is 11.5 Å². The summed E-state index contributed by atoms with van der Waals surface area (Å²) < 4.78 is 39.0. The summed E-state index contributed by atoms with van der Waals surface area (Å²) in [7, 11) is 9.24. The zero-order valence-corrected chi connectivity index (χ0v) is 27.2. The molecule has 11 nitrogen and oxygen atoms in total. The molecule has 46 heavy (non-hydrogen) atoms. The maximum atomic E-state index is 13.4. The molecular formula is C35H42N2O9. The molecule has 246 valence electrons. The molecule has 1 saturated heterocycles. The molecule has 3 aliphatic rings. The van der Waals surface area contributed by atoms with Gasteiger partial charge in [0.2, 0.25) is 5.75 Å². The molecule has 1 N–H and O–H groups in total. The van der Waals surface area contributed by atoms with Crippen LogP contribution >= 0.6 is 0 Å². The molecule has 11 heteroatoms. The van der Waals surface area contributed by atoms with Crippen LogP contribution in [0, 0.1) is 17.8 Å². The first kappa shape index (κ1) is 31.7. The van der Waals surface area contributed by atoms with E-state index in [1.165, 1.54) is 51.2 Å². The zero-order valence-electron chi connectivity index (χ0n) is 27.2. The largest absolute Gasteiger partial charge is 0.497 e. The highest BCUT2D eigenvalue weighted by molar-refractivity contribution is 5.88. The number of H-pyrrole nitrogens is 1.